The fourth-order valence-electron chi connectivity index (χ4n) is 3.30. The first-order valence-corrected chi connectivity index (χ1v) is 12.4. The van der Waals surface area contributed by atoms with Gasteiger partial charge in [-0.05, 0) is 49.4 Å². The molecule has 0 aliphatic carbocycles. The van der Waals surface area contributed by atoms with Crippen molar-refractivity contribution in [3.63, 3.8) is 0 Å². The highest BCUT2D eigenvalue weighted by atomic mass is 32.2. The SMILES string of the molecule is CC[C@]1(C)Cc2c(sc3nc(SC)nc(SCC(=O)c4ccc(F)cc4)c23)CO1. The molecule has 1 atom stereocenters. The lowest BCUT2D eigenvalue weighted by Crippen LogP contribution is -2.33. The van der Waals surface area contributed by atoms with E-state index in [2.05, 4.69) is 13.8 Å². The zero-order valence-corrected chi connectivity index (χ0v) is 18.9. The molecule has 152 valence electrons. The van der Waals surface area contributed by atoms with Crippen molar-refractivity contribution in [2.24, 2.45) is 0 Å². The summed E-state index contributed by atoms with van der Waals surface area (Å²) in [6, 6.07) is 5.68. The van der Waals surface area contributed by atoms with Crippen molar-refractivity contribution in [2.45, 2.75) is 49.1 Å². The number of ketones is 1. The molecule has 3 heterocycles. The lowest BCUT2D eigenvalue weighted by atomic mass is 9.90. The number of thioether (sulfide) groups is 2. The summed E-state index contributed by atoms with van der Waals surface area (Å²) >= 11 is 4.58. The normalized spacial score (nSPS) is 18.8. The highest BCUT2D eigenvalue weighted by Crippen LogP contribution is 2.43. The predicted molar refractivity (Wildman–Crippen MR) is 118 cm³/mol. The van der Waals surface area contributed by atoms with E-state index in [0.29, 0.717) is 17.3 Å². The summed E-state index contributed by atoms with van der Waals surface area (Å²) in [7, 11) is 0. The molecule has 0 spiro atoms. The third-order valence-electron chi connectivity index (χ3n) is 5.22. The van der Waals surface area contributed by atoms with Crippen molar-refractivity contribution < 1.29 is 13.9 Å². The summed E-state index contributed by atoms with van der Waals surface area (Å²) in [4.78, 5) is 24.2. The number of benzene rings is 1. The second-order valence-electron chi connectivity index (χ2n) is 7.19. The predicted octanol–water partition coefficient (Wildman–Crippen LogP) is 5.77. The topological polar surface area (TPSA) is 52.1 Å². The average molecular weight is 449 g/mol. The van der Waals surface area contributed by atoms with Crippen LogP contribution in [0.25, 0.3) is 10.2 Å². The number of carbonyl (C=O) groups is 1. The molecule has 1 aliphatic heterocycles. The quantitative estimate of drug-likeness (QED) is 0.207. The maximum atomic E-state index is 13.1. The molecule has 0 unspecified atom stereocenters. The summed E-state index contributed by atoms with van der Waals surface area (Å²) in [5, 5.41) is 2.60. The minimum Gasteiger partial charge on any atom is -0.369 e. The van der Waals surface area contributed by atoms with Gasteiger partial charge in [0, 0.05) is 22.2 Å². The van der Waals surface area contributed by atoms with Gasteiger partial charge in [0.1, 0.15) is 15.7 Å². The van der Waals surface area contributed by atoms with E-state index < -0.39 is 0 Å². The molecule has 1 aliphatic rings. The Morgan fingerprint density at radius 1 is 1.31 bits per heavy atom. The van der Waals surface area contributed by atoms with Crippen LogP contribution in [0.4, 0.5) is 4.39 Å². The van der Waals surface area contributed by atoms with Gasteiger partial charge in [0.05, 0.1) is 18.0 Å². The van der Waals surface area contributed by atoms with Crippen LogP contribution in [0.2, 0.25) is 0 Å². The number of carbonyl (C=O) groups excluding carboxylic acids is 1. The van der Waals surface area contributed by atoms with E-state index in [4.69, 9.17) is 14.7 Å². The first-order valence-electron chi connectivity index (χ1n) is 9.34. The molecule has 0 radical (unpaired) electrons. The van der Waals surface area contributed by atoms with Gasteiger partial charge in [-0.2, -0.15) is 0 Å². The Balaban J connectivity index is 1.68. The molecule has 3 aromatic rings. The van der Waals surface area contributed by atoms with E-state index in [-0.39, 0.29) is 23.0 Å². The number of Topliss-reactive ketones (excluding diaryl/α,β-unsaturated/α-hetero) is 1. The van der Waals surface area contributed by atoms with E-state index >= 15 is 0 Å². The molecule has 0 saturated heterocycles. The van der Waals surface area contributed by atoms with E-state index in [9.17, 15) is 9.18 Å². The molecule has 0 saturated carbocycles. The Bertz CT molecular complexity index is 1070. The number of fused-ring (bicyclic) bond motifs is 3. The van der Waals surface area contributed by atoms with E-state index in [0.717, 1.165) is 28.1 Å². The second-order valence-corrected chi connectivity index (χ2v) is 10.0. The summed E-state index contributed by atoms with van der Waals surface area (Å²) in [6.45, 7) is 4.87. The van der Waals surface area contributed by atoms with Crippen LogP contribution in [0.5, 0.6) is 0 Å². The van der Waals surface area contributed by atoms with Crippen LogP contribution in [-0.2, 0) is 17.8 Å². The molecule has 0 bridgehead atoms. The molecule has 2 aromatic heterocycles. The smallest absolute Gasteiger partial charge is 0.189 e. The third kappa shape index (κ3) is 4.21. The monoisotopic (exact) mass is 448 g/mol. The van der Waals surface area contributed by atoms with Crippen LogP contribution in [0, 0.1) is 5.82 Å². The van der Waals surface area contributed by atoms with Crippen LogP contribution < -0.4 is 0 Å². The van der Waals surface area contributed by atoms with Crippen molar-refractivity contribution >= 4 is 50.9 Å². The van der Waals surface area contributed by atoms with Crippen LogP contribution in [0.1, 0.15) is 41.1 Å². The number of thiophene rings is 1. The van der Waals surface area contributed by atoms with Crippen LogP contribution in [0.15, 0.2) is 34.4 Å². The zero-order chi connectivity index (χ0) is 20.6. The third-order valence-corrected chi connectivity index (χ3v) is 7.84. The summed E-state index contributed by atoms with van der Waals surface area (Å²) in [5.74, 6) is -0.140. The maximum absolute atomic E-state index is 13.1. The molecule has 0 fully saturated rings. The number of ether oxygens (including phenoxy) is 1. The van der Waals surface area contributed by atoms with E-state index in [1.54, 1.807) is 11.3 Å². The molecule has 4 nitrogen and oxygen atoms in total. The molecule has 1 aromatic carbocycles. The molecule has 0 amide bonds. The van der Waals surface area contributed by atoms with Gasteiger partial charge in [-0.3, -0.25) is 4.79 Å². The van der Waals surface area contributed by atoms with Crippen molar-refractivity contribution in [2.75, 3.05) is 12.0 Å². The lowest BCUT2D eigenvalue weighted by Gasteiger charge is -2.33. The van der Waals surface area contributed by atoms with E-state index in [1.165, 1.54) is 58.2 Å². The first kappa shape index (κ1) is 20.8. The second kappa shape index (κ2) is 8.34. The Morgan fingerprint density at radius 3 is 2.76 bits per heavy atom. The summed E-state index contributed by atoms with van der Waals surface area (Å²) in [6.07, 6.45) is 3.70. The molecule has 0 N–H and O–H groups in total. The molecule has 29 heavy (non-hydrogen) atoms. The van der Waals surface area contributed by atoms with E-state index in [1.807, 2.05) is 6.26 Å². The maximum Gasteiger partial charge on any atom is 0.189 e. The molecule has 8 heteroatoms. The largest absolute Gasteiger partial charge is 0.369 e. The lowest BCUT2D eigenvalue weighted by molar-refractivity contribution is -0.0543. The number of rotatable bonds is 6. The van der Waals surface area contributed by atoms with Gasteiger partial charge in [-0.15, -0.1) is 11.3 Å². The van der Waals surface area contributed by atoms with Gasteiger partial charge >= 0.3 is 0 Å². The molecule has 4 rings (SSSR count). The highest BCUT2D eigenvalue weighted by molar-refractivity contribution is 8.00. The number of halogens is 1. The number of hydrogen-bond donors (Lipinski definition) is 0. The average Bonchev–Trinajstić information content (AvgIpc) is 3.09. The van der Waals surface area contributed by atoms with Crippen LogP contribution >= 0.6 is 34.9 Å². The zero-order valence-electron chi connectivity index (χ0n) is 16.5. The number of aromatic nitrogens is 2. The Morgan fingerprint density at radius 2 is 2.07 bits per heavy atom. The van der Waals surface area contributed by atoms with Crippen molar-refractivity contribution in [1.29, 1.82) is 0 Å². The van der Waals surface area contributed by atoms with Gasteiger partial charge in [0.2, 0.25) is 0 Å². The van der Waals surface area contributed by atoms with Crippen LogP contribution in [0.3, 0.4) is 0 Å². The van der Waals surface area contributed by atoms with Crippen molar-refractivity contribution in [3.8, 4) is 0 Å². The fraction of sp³-hybridized carbons (Fsp3) is 0.381. The van der Waals surface area contributed by atoms with Crippen molar-refractivity contribution in [1.82, 2.24) is 9.97 Å². The van der Waals surface area contributed by atoms with Gasteiger partial charge < -0.3 is 4.74 Å². The number of nitrogens with zero attached hydrogens (tertiary/aromatic N) is 2. The minimum atomic E-state index is -0.345. The minimum absolute atomic E-state index is 0.0432. The first-order chi connectivity index (χ1) is 13.9. The van der Waals surface area contributed by atoms with Gasteiger partial charge in [0.25, 0.3) is 0 Å². The highest BCUT2D eigenvalue weighted by Gasteiger charge is 2.33. The van der Waals surface area contributed by atoms with Crippen LogP contribution in [-0.4, -0.2) is 33.4 Å². The Hall–Kier alpha value is -1.48. The molecular formula is C21H21FN2O2S3. The molecular weight excluding hydrogens is 427 g/mol. The summed E-state index contributed by atoms with van der Waals surface area (Å²) < 4.78 is 19.2. The standard InChI is InChI=1S/C21H21FN2O2S3/c1-4-21(2)9-14-16(10-26-21)29-19-17(14)18(23-20(24-19)27-3)28-11-15(25)12-5-7-13(22)8-6-12/h5-8H,4,9-11H2,1-3H3/t21-/m1/s1. The fourth-order valence-corrected chi connectivity index (χ4v) is 5.89. The van der Waals surface area contributed by atoms with Gasteiger partial charge in [-0.1, -0.05) is 30.4 Å². The van der Waals surface area contributed by atoms with Gasteiger partial charge in [0.15, 0.2) is 10.9 Å². The summed E-state index contributed by atoms with van der Waals surface area (Å²) in [5.41, 5.74) is 1.57. The Kier molecular flexibility index (Phi) is 5.97. The van der Waals surface area contributed by atoms with Crippen molar-refractivity contribution in [3.05, 3.63) is 46.1 Å². The Labute approximate surface area is 181 Å². The van der Waals surface area contributed by atoms with Gasteiger partial charge in [-0.25, -0.2) is 14.4 Å². The number of hydrogen-bond acceptors (Lipinski definition) is 7.